The second-order valence-electron chi connectivity index (χ2n) is 10.4. The van der Waals surface area contributed by atoms with Gasteiger partial charge in [0.25, 0.3) is 11.8 Å². The van der Waals surface area contributed by atoms with Gasteiger partial charge in [-0.05, 0) is 61.2 Å². The third-order valence-electron chi connectivity index (χ3n) is 7.51. The number of halogens is 1. The minimum Gasteiger partial charge on any atom is -0.491 e. The van der Waals surface area contributed by atoms with Crippen molar-refractivity contribution >= 4 is 11.8 Å². The molecule has 2 heterocycles. The van der Waals surface area contributed by atoms with Crippen molar-refractivity contribution in [2.24, 2.45) is 0 Å². The van der Waals surface area contributed by atoms with Crippen LogP contribution < -0.4 is 4.74 Å². The SMILES string of the molecule is CN1CCCCCCN(C(=O)c2ccc(-c3ccccc3F)o2)[C@H](Cc2ccccc2)COc2ccccc2C1=O. The van der Waals surface area contributed by atoms with Gasteiger partial charge >= 0.3 is 0 Å². The predicted molar refractivity (Wildman–Crippen MR) is 156 cm³/mol. The monoisotopic (exact) mass is 554 g/mol. The number of furan rings is 1. The first-order chi connectivity index (χ1) is 20.0. The molecule has 5 rings (SSSR count). The minimum absolute atomic E-state index is 0.0820. The first-order valence-electron chi connectivity index (χ1n) is 14.2. The van der Waals surface area contributed by atoms with Crippen LogP contribution in [0.3, 0.4) is 0 Å². The number of rotatable bonds is 4. The Morgan fingerprint density at radius 3 is 2.29 bits per heavy atom. The van der Waals surface area contributed by atoms with Gasteiger partial charge in [-0.1, -0.05) is 67.4 Å². The van der Waals surface area contributed by atoms with Crippen LogP contribution in [-0.4, -0.2) is 54.4 Å². The average Bonchev–Trinajstić information content (AvgIpc) is 3.49. The molecule has 1 aromatic heterocycles. The Morgan fingerprint density at radius 2 is 1.51 bits per heavy atom. The normalized spacial score (nSPS) is 16.9. The van der Waals surface area contributed by atoms with E-state index in [1.165, 1.54) is 6.07 Å². The van der Waals surface area contributed by atoms with Crippen molar-refractivity contribution < 1.29 is 23.1 Å². The zero-order valence-electron chi connectivity index (χ0n) is 23.3. The molecule has 4 aromatic rings. The summed E-state index contributed by atoms with van der Waals surface area (Å²) >= 11 is 0. The van der Waals surface area contributed by atoms with Crippen molar-refractivity contribution in [1.82, 2.24) is 9.80 Å². The zero-order valence-corrected chi connectivity index (χ0v) is 23.3. The van der Waals surface area contributed by atoms with Crippen LogP contribution in [0, 0.1) is 5.82 Å². The summed E-state index contributed by atoms with van der Waals surface area (Å²) in [7, 11) is 1.82. The molecule has 0 saturated heterocycles. The number of hydrogen-bond donors (Lipinski definition) is 0. The third kappa shape index (κ3) is 6.85. The van der Waals surface area contributed by atoms with Crippen LogP contribution in [0.15, 0.2) is 95.4 Å². The Hall–Kier alpha value is -4.39. The van der Waals surface area contributed by atoms with Gasteiger partial charge in [0, 0.05) is 20.1 Å². The maximum absolute atomic E-state index is 14.4. The average molecular weight is 555 g/mol. The molecule has 1 atom stereocenters. The van der Waals surface area contributed by atoms with Gasteiger partial charge in [-0.25, -0.2) is 4.39 Å². The number of fused-ring (bicyclic) bond motifs is 1. The fourth-order valence-corrected chi connectivity index (χ4v) is 5.24. The van der Waals surface area contributed by atoms with Gasteiger partial charge in [0.2, 0.25) is 0 Å². The molecule has 1 aliphatic heterocycles. The molecule has 1 aliphatic rings. The lowest BCUT2D eigenvalue weighted by Crippen LogP contribution is -2.45. The zero-order chi connectivity index (χ0) is 28.6. The Bertz CT molecular complexity index is 1470. The summed E-state index contributed by atoms with van der Waals surface area (Å²) < 4.78 is 26.7. The van der Waals surface area contributed by atoms with Crippen LogP contribution in [0.2, 0.25) is 0 Å². The molecule has 6 nitrogen and oxygen atoms in total. The first kappa shape index (κ1) is 28.1. The lowest BCUT2D eigenvalue weighted by Gasteiger charge is -2.32. The molecule has 0 radical (unpaired) electrons. The molecule has 0 unspecified atom stereocenters. The summed E-state index contributed by atoms with van der Waals surface area (Å²) in [6.45, 7) is 1.36. The molecule has 212 valence electrons. The third-order valence-corrected chi connectivity index (χ3v) is 7.51. The highest BCUT2D eigenvalue weighted by atomic mass is 19.1. The number of carbonyl (C=O) groups excluding carboxylic acids is 2. The van der Waals surface area contributed by atoms with Crippen molar-refractivity contribution in [3.63, 3.8) is 0 Å². The molecule has 0 saturated carbocycles. The van der Waals surface area contributed by atoms with Gasteiger partial charge in [0.15, 0.2) is 5.76 Å². The van der Waals surface area contributed by atoms with Gasteiger partial charge in [-0.2, -0.15) is 0 Å². The fourth-order valence-electron chi connectivity index (χ4n) is 5.24. The maximum Gasteiger partial charge on any atom is 0.289 e. The highest BCUT2D eigenvalue weighted by molar-refractivity contribution is 5.96. The lowest BCUT2D eigenvalue weighted by molar-refractivity contribution is 0.0570. The van der Waals surface area contributed by atoms with Crippen molar-refractivity contribution in [2.75, 3.05) is 26.7 Å². The molecule has 0 N–H and O–H groups in total. The number of amides is 2. The number of carbonyl (C=O) groups is 2. The number of nitrogens with zero attached hydrogens (tertiary/aromatic N) is 2. The highest BCUT2D eigenvalue weighted by Crippen LogP contribution is 2.27. The summed E-state index contributed by atoms with van der Waals surface area (Å²) in [5.74, 6) is 0.190. The van der Waals surface area contributed by atoms with Gasteiger partial charge in [0.1, 0.15) is 23.9 Å². The Labute approximate surface area is 240 Å². The van der Waals surface area contributed by atoms with E-state index in [-0.39, 0.29) is 30.2 Å². The van der Waals surface area contributed by atoms with Crippen LogP contribution >= 0.6 is 0 Å². The van der Waals surface area contributed by atoms with E-state index < -0.39 is 5.82 Å². The minimum atomic E-state index is -0.409. The van der Waals surface area contributed by atoms with E-state index in [2.05, 4.69) is 0 Å². The number of hydrogen-bond acceptors (Lipinski definition) is 4. The maximum atomic E-state index is 14.4. The Kier molecular flexibility index (Phi) is 9.14. The van der Waals surface area contributed by atoms with Crippen LogP contribution in [0.5, 0.6) is 5.75 Å². The summed E-state index contributed by atoms with van der Waals surface area (Å²) in [6.07, 6.45) is 4.09. The predicted octanol–water partition coefficient (Wildman–Crippen LogP) is 6.86. The number of benzene rings is 3. The Morgan fingerprint density at radius 1 is 0.829 bits per heavy atom. The van der Waals surface area contributed by atoms with E-state index in [9.17, 15) is 14.0 Å². The van der Waals surface area contributed by atoms with Crippen LogP contribution in [-0.2, 0) is 6.42 Å². The molecule has 0 spiro atoms. The van der Waals surface area contributed by atoms with E-state index >= 15 is 0 Å². The first-order valence-corrected chi connectivity index (χ1v) is 14.2. The number of ether oxygens (including phenoxy) is 1. The summed E-state index contributed by atoms with van der Waals surface area (Å²) in [6, 6.07) is 26.5. The van der Waals surface area contributed by atoms with Gasteiger partial charge in [0.05, 0.1) is 17.2 Å². The van der Waals surface area contributed by atoms with E-state index in [0.29, 0.717) is 42.1 Å². The summed E-state index contributed by atoms with van der Waals surface area (Å²) in [4.78, 5) is 30.8. The van der Waals surface area contributed by atoms with E-state index in [0.717, 1.165) is 31.2 Å². The smallest absolute Gasteiger partial charge is 0.289 e. The van der Waals surface area contributed by atoms with E-state index in [4.69, 9.17) is 9.15 Å². The van der Waals surface area contributed by atoms with Crippen LogP contribution in [0.1, 0.15) is 52.2 Å². The van der Waals surface area contributed by atoms with Crippen molar-refractivity contribution in [1.29, 1.82) is 0 Å². The highest BCUT2D eigenvalue weighted by Gasteiger charge is 2.29. The quantitative estimate of drug-likeness (QED) is 0.276. The summed E-state index contributed by atoms with van der Waals surface area (Å²) in [5.41, 5.74) is 1.88. The molecule has 7 heteroatoms. The van der Waals surface area contributed by atoms with E-state index in [1.807, 2.05) is 54.4 Å². The topological polar surface area (TPSA) is 63.0 Å². The lowest BCUT2D eigenvalue weighted by atomic mass is 10.0. The molecular weight excluding hydrogens is 519 g/mol. The van der Waals surface area contributed by atoms with Crippen LogP contribution in [0.25, 0.3) is 11.3 Å². The Balaban J connectivity index is 1.48. The second-order valence-corrected chi connectivity index (χ2v) is 10.4. The second kappa shape index (κ2) is 13.3. The van der Waals surface area contributed by atoms with Gasteiger partial charge in [-0.3, -0.25) is 9.59 Å². The standard InChI is InChI=1S/C34H35FN2O4/c1-36-21-11-2-3-12-22-37(34(39)32-20-19-31(41-32)27-15-7-9-17-29(27)35)26(23-25-13-5-4-6-14-25)24-40-30-18-10-8-16-28(30)33(36)38/h4-10,13-20,26H,2-3,11-12,21-24H2,1H3/t26-/m1/s1. The molecule has 2 amide bonds. The molecule has 0 fully saturated rings. The molecular formula is C34H35FN2O4. The fraction of sp³-hybridized carbons (Fsp3) is 0.294. The largest absolute Gasteiger partial charge is 0.491 e. The molecule has 0 bridgehead atoms. The van der Waals surface area contributed by atoms with Crippen molar-refractivity contribution in [2.45, 2.75) is 38.1 Å². The van der Waals surface area contributed by atoms with Gasteiger partial charge in [-0.15, -0.1) is 0 Å². The van der Waals surface area contributed by atoms with Crippen molar-refractivity contribution in [3.05, 3.63) is 114 Å². The summed E-state index contributed by atoms with van der Waals surface area (Å²) in [5, 5.41) is 0. The molecule has 41 heavy (non-hydrogen) atoms. The van der Waals surface area contributed by atoms with Crippen LogP contribution in [0.4, 0.5) is 4.39 Å². The van der Waals surface area contributed by atoms with Crippen molar-refractivity contribution in [3.8, 4) is 17.1 Å². The van der Waals surface area contributed by atoms with Gasteiger partial charge < -0.3 is 19.0 Å². The molecule has 3 aromatic carbocycles. The molecule has 0 aliphatic carbocycles. The number of para-hydroxylation sites is 1. The van der Waals surface area contributed by atoms with E-state index in [1.54, 1.807) is 47.4 Å².